The summed E-state index contributed by atoms with van der Waals surface area (Å²) >= 11 is 0. The van der Waals surface area contributed by atoms with E-state index in [0.717, 1.165) is 11.1 Å². The van der Waals surface area contributed by atoms with Gasteiger partial charge in [-0.25, -0.2) is 4.39 Å². The standard InChI is InChI=1S/C23H25FN2O3/c1-29-15-22(28)26-13-18-12-25(21(27)10-16-6-3-2-4-7-16)14-20(18)23(26)17-8-5-9-19(24)11-17/h2-9,11,18,20,23H,10,12-15H2,1H3/t18-,20-,23+/m1/s1. The summed E-state index contributed by atoms with van der Waals surface area (Å²) in [5, 5.41) is 0. The highest BCUT2D eigenvalue weighted by atomic mass is 19.1. The van der Waals surface area contributed by atoms with Crippen molar-refractivity contribution in [2.45, 2.75) is 12.5 Å². The van der Waals surface area contributed by atoms with Gasteiger partial charge in [-0.15, -0.1) is 0 Å². The highest BCUT2D eigenvalue weighted by molar-refractivity contribution is 5.80. The maximum atomic E-state index is 13.9. The Morgan fingerprint density at radius 2 is 1.83 bits per heavy atom. The van der Waals surface area contributed by atoms with E-state index in [1.165, 1.54) is 19.2 Å². The zero-order valence-electron chi connectivity index (χ0n) is 16.5. The number of carbonyl (C=O) groups excluding carboxylic acids is 2. The third-order valence-corrected chi connectivity index (χ3v) is 5.99. The first-order valence-corrected chi connectivity index (χ1v) is 9.92. The number of benzene rings is 2. The van der Waals surface area contributed by atoms with Crippen molar-refractivity contribution >= 4 is 11.8 Å². The number of nitrogens with zero attached hydrogens (tertiary/aromatic N) is 2. The van der Waals surface area contributed by atoms with Crippen molar-refractivity contribution in [1.82, 2.24) is 9.80 Å². The molecular formula is C23H25FN2O3. The van der Waals surface area contributed by atoms with E-state index in [1.807, 2.05) is 41.3 Å². The van der Waals surface area contributed by atoms with Crippen molar-refractivity contribution in [2.24, 2.45) is 11.8 Å². The van der Waals surface area contributed by atoms with Crippen molar-refractivity contribution in [3.63, 3.8) is 0 Å². The van der Waals surface area contributed by atoms with Crippen molar-refractivity contribution in [2.75, 3.05) is 33.4 Å². The molecule has 152 valence electrons. The SMILES string of the molecule is COCC(=O)N1C[C@H]2CN(C(=O)Cc3ccccc3)C[C@H]2[C@@H]1c1cccc(F)c1. The van der Waals surface area contributed by atoms with Crippen LogP contribution in [0.1, 0.15) is 17.2 Å². The molecule has 5 nitrogen and oxygen atoms in total. The number of hydrogen-bond acceptors (Lipinski definition) is 3. The Kier molecular flexibility index (Phi) is 5.62. The number of halogens is 1. The third kappa shape index (κ3) is 4.03. The molecule has 0 N–H and O–H groups in total. The highest BCUT2D eigenvalue weighted by Crippen LogP contribution is 2.45. The van der Waals surface area contributed by atoms with Crippen molar-refractivity contribution < 1.29 is 18.7 Å². The summed E-state index contributed by atoms with van der Waals surface area (Å²) in [7, 11) is 1.50. The van der Waals surface area contributed by atoms with Crippen LogP contribution in [0.25, 0.3) is 0 Å². The number of ether oxygens (including phenoxy) is 1. The van der Waals surface area contributed by atoms with Crippen LogP contribution in [0, 0.1) is 17.7 Å². The average molecular weight is 396 g/mol. The van der Waals surface area contributed by atoms with Crippen LogP contribution in [0.3, 0.4) is 0 Å². The Balaban J connectivity index is 1.54. The Labute approximate surface area is 170 Å². The van der Waals surface area contributed by atoms with Crippen LogP contribution < -0.4 is 0 Å². The molecule has 2 aromatic rings. The van der Waals surface area contributed by atoms with Gasteiger partial charge in [-0.05, 0) is 23.3 Å². The molecule has 6 heteroatoms. The second-order valence-electron chi connectivity index (χ2n) is 7.86. The fourth-order valence-corrected chi connectivity index (χ4v) is 4.71. The summed E-state index contributed by atoms with van der Waals surface area (Å²) in [6.45, 7) is 1.76. The number of rotatable bonds is 5. The molecule has 4 rings (SSSR count). The summed E-state index contributed by atoms with van der Waals surface area (Å²) in [5.41, 5.74) is 1.77. The summed E-state index contributed by atoms with van der Waals surface area (Å²) in [4.78, 5) is 29.1. The van der Waals surface area contributed by atoms with Gasteiger partial charge in [0, 0.05) is 38.6 Å². The molecule has 0 radical (unpaired) electrons. The largest absolute Gasteiger partial charge is 0.375 e. The van der Waals surface area contributed by atoms with Crippen LogP contribution in [0.4, 0.5) is 4.39 Å². The summed E-state index contributed by atoms with van der Waals surface area (Å²) in [6.07, 6.45) is 0.372. The minimum absolute atomic E-state index is 0.00189. The molecule has 29 heavy (non-hydrogen) atoms. The fraction of sp³-hybridized carbons (Fsp3) is 0.391. The van der Waals surface area contributed by atoms with E-state index >= 15 is 0 Å². The van der Waals surface area contributed by atoms with Crippen molar-refractivity contribution in [3.05, 3.63) is 71.5 Å². The van der Waals surface area contributed by atoms with Gasteiger partial charge in [0.1, 0.15) is 12.4 Å². The Morgan fingerprint density at radius 3 is 2.55 bits per heavy atom. The molecule has 0 spiro atoms. The summed E-state index contributed by atoms with van der Waals surface area (Å²) in [6, 6.07) is 15.9. The van der Waals surface area contributed by atoms with Gasteiger partial charge in [0.05, 0.1) is 12.5 Å². The van der Waals surface area contributed by atoms with Crippen LogP contribution in [0.15, 0.2) is 54.6 Å². The van der Waals surface area contributed by atoms with E-state index in [2.05, 4.69) is 0 Å². The normalized spacial score (nSPS) is 23.3. The minimum Gasteiger partial charge on any atom is -0.375 e. The average Bonchev–Trinajstić information content (AvgIpc) is 3.27. The molecule has 2 saturated heterocycles. The summed E-state index contributed by atoms with van der Waals surface area (Å²) in [5.74, 6) is -0.0436. The lowest BCUT2D eigenvalue weighted by Gasteiger charge is -2.30. The molecule has 0 bridgehead atoms. The number of amides is 2. The quantitative estimate of drug-likeness (QED) is 0.781. The van der Waals surface area contributed by atoms with Crippen LogP contribution in [-0.4, -0.2) is 55.0 Å². The molecule has 2 aliphatic heterocycles. The molecule has 2 aromatic carbocycles. The Hall–Kier alpha value is -2.73. The monoisotopic (exact) mass is 396 g/mol. The Morgan fingerprint density at radius 1 is 1.03 bits per heavy atom. The second-order valence-corrected chi connectivity index (χ2v) is 7.86. The molecule has 2 amide bonds. The summed E-state index contributed by atoms with van der Waals surface area (Å²) < 4.78 is 18.9. The van der Waals surface area contributed by atoms with E-state index in [9.17, 15) is 14.0 Å². The number of carbonyl (C=O) groups is 2. The zero-order valence-corrected chi connectivity index (χ0v) is 16.5. The van der Waals surface area contributed by atoms with Gasteiger partial charge in [-0.1, -0.05) is 42.5 Å². The lowest BCUT2D eigenvalue weighted by Crippen LogP contribution is -2.39. The van der Waals surface area contributed by atoms with Gasteiger partial charge in [-0.2, -0.15) is 0 Å². The Bertz CT molecular complexity index is 889. The van der Waals surface area contributed by atoms with E-state index < -0.39 is 0 Å². The molecule has 3 atom stereocenters. The number of hydrogen-bond donors (Lipinski definition) is 0. The van der Waals surface area contributed by atoms with Crippen LogP contribution in [-0.2, 0) is 20.7 Å². The first-order valence-electron chi connectivity index (χ1n) is 9.92. The first-order chi connectivity index (χ1) is 14.1. The molecule has 0 aromatic heterocycles. The molecule has 0 unspecified atom stereocenters. The van der Waals surface area contributed by atoms with Crippen LogP contribution >= 0.6 is 0 Å². The number of fused-ring (bicyclic) bond motifs is 1. The lowest BCUT2D eigenvalue weighted by molar-refractivity contribution is -0.137. The van der Waals surface area contributed by atoms with Gasteiger partial charge in [0.2, 0.25) is 11.8 Å². The number of methoxy groups -OCH3 is 1. The smallest absolute Gasteiger partial charge is 0.249 e. The third-order valence-electron chi connectivity index (χ3n) is 5.99. The topological polar surface area (TPSA) is 49.9 Å². The second kappa shape index (κ2) is 8.33. The van der Waals surface area contributed by atoms with E-state index in [1.54, 1.807) is 11.0 Å². The lowest BCUT2D eigenvalue weighted by atomic mass is 9.89. The van der Waals surface area contributed by atoms with E-state index in [4.69, 9.17) is 4.74 Å². The van der Waals surface area contributed by atoms with Gasteiger partial charge in [-0.3, -0.25) is 9.59 Å². The van der Waals surface area contributed by atoms with Gasteiger partial charge in [0.25, 0.3) is 0 Å². The van der Waals surface area contributed by atoms with Gasteiger partial charge < -0.3 is 14.5 Å². The van der Waals surface area contributed by atoms with Crippen molar-refractivity contribution in [3.8, 4) is 0 Å². The molecule has 2 fully saturated rings. The zero-order chi connectivity index (χ0) is 20.4. The van der Waals surface area contributed by atoms with Crippen LogP contribution in [0.2, 0.25) is 0 Å². The minimum atomic E-state index is -0.319. The number of likely N-dealkylation sites (tertiary alicyclic amines) is 2. The predicted octanol–water partition coefficient (Wildman–Crippen LogP) is 2.67. The van der Waals surface area contributed by atoms with Crippen molar-refractivity contribution in [1.29, 1.82) is 0 Å². The molecule has 2 aliphatic rings. The maximum Gasteiger partial charge on any atom is 0.249 e. The van der Waals surface area contributed by atoms with E-state index in [0.29, 0.717) is 26.1 Å². The first kappa shape index (κ1) is 19.6. The van der Waals surface area contributed by atoms with Crippen LogP contribution in [0.5, 0.6) is 0 Å². The highest BCUT2D eigenvalue weighted by Gasteiger charge is 2.49. The van der Waals surface area contributed by atoms with Gasteiger partial charge >= 0.3 is 0 Å². The van der Waals surface area contributed by atoms with E-state index in [-0.39, 0.29) is 42.1 Å². The molecule has 2 heterocycles. The maximum absolute atomic E-state index is 13.9. The molecule has 0 aliphatic carbocycles. The van der Waals surface area contributed by atoms with Gasteiger partial charge in [0.15, 0.2) is 0 Å². The predicted molar refractivity (Wildman–Crippen MR) is 106 cm³/mol. The molecular weight excluding hydrogens is 371 g/mol. The molecule has 0 saturated carbocycles. The fourth-order valence-electron chi connectivity index (χ4n) is 4.71.